The first kappa shape index (κ1) is 58.8. The average molecular weight is 570 g/mol. The van der Waals surface area contributed by atoms with Gasteiger partial charge in [0.2, 0.25) is 0 Å². The molecule has 228 valence electrons. The van der Waals surface area contributed by atoms with E-state index in [0.717, 1.165) is 55.4 Å². The van der Waals surface area contributed by atoms with Crippen LogP contribution in [-0.2, 0) is 43.2 Å². The van der Waals surface area contributed by atoms with E-state index < -0.39 is 53.7 Å². The molecule has 0 heterocycles. The van der Waals surface area contributed by atoms with Crippen molar-refractivity contribution in [2.24, 2.45) is 0 Å². The van der Waals surface area contributed by atoms with E-state index in [0.29, 0.717) is 0 Å². The molecule has 10 N–H and O–H groups in total. The molecule has 0 saturated heterocycles. The summed E-state index contributed by atoms with van der Waals surface area (Å²) < 4.78 is 0. The monoisotopic (exact) mass is 570 g/mol. The second kappa shape index (κ2) is 53.5. The first-order chi connectivity index (χ1) is 16.6. The van der Waals surface area contributed by atoms with Crippen molar-refractivity contribution in [3.8, 4) is 0 Å². The molecule has 0 unspecified atom stereocenters. The van der Waals surface area contributed by atoms with Crippen LogP contribution in [0.5, 0.6) is 0 Å². The second-order valence-corrected chi connectivity index (χ2v) is 5.02. The van der Waals surface area contributed by atoms with E-state index >= 15 is 0 Å². The third-order valence-electron chi connectivity index (χ3n) is 0.326. The van der Waals surface area contributed by atoms with E-state index in [9.17, 15) is 4.79 Å². The lowest BCUT2D eigenvalue weighted by atomic mass is 10.5. The van der Waals surface area contributed by atoms with Crippen LogP contribution in [0, 0.1) is 0 Å². The lowest BCUT2D eigenvalue weighted by Gasteiger charge is -1.79. The lowest BCUT2D eigenvalue weighted by molar-refractivity contribution is -0.138. The van der Waals surface area contributed by atoms with Crippen LogP contribution in [0.25, 0.3) is 0 Å². The molecule has 0 rings (SSSR count). The van der Waals surface area contributed by atoms with Crippen LogP contribution < -0.4 is 0 Å². The van der Waals surface area contributed by atoms with Crippen LogP contribution in [0.1, 0.15) is 61.8 Å². The Morgan fingerprint density at radius 1 is 0.342 bits per heavy atom. The third-order valence-corrected chi connectivity index (χ3v) is 0.326. The predicted octanol–water partition coefficient (Wildman–Crippen LogP) is 0.181. The van der Waals surface area contributed by atoms with E-state index in [-0.39, 0.29) is 13.0 Å². The van der Waals surface area contributed by atoms with Gasteiger partial charge in [-0.15, -0.1) is 0 Å². The van der Waals surface area contributed by atoms with Crippen molar-refractivity contribution in [1.82, 2.24) is 0 Å². The molecule has 0 aliphatic rings. The highest BCUT2D eigenvalue weighted by Crippen LogP contribution is 1.70. The second-order valence-electron chi connectivity index (χ2n) is 5.02. The first-order valence-electron chi connectivity index (χ1n) is 9.02. The van der Waals surface area contributed by atoms with Crippen LogP contribution in [0.2, 0.25) is 0 Å². The van der Waals surface area contributed by atoms with Crippen LogP contribution in [0.4, 0.5) is 0 Å². The van der Waals surface area contributed by atoms with Crippen molar-refractivity contribution in [2.75, 3.05) is 6.61 Å². The maximum absolute atomic E-state index is 9.44. The van der Waals surface area contributed by atoms with Gasteiger partial charge in [-0.2, -0.15) is 0 Å². The predicted molar refractivity (Wildman–Crippen MR) is 126 cm³/mol. The number of carbonyl (C=O) groups is 9. The Labute approximate surface area is 217 Å². The van der Waals surface area contributed by atoms with E-state index in [2.05, 4.69) is 0 Å². The van der Waals surface area contributed by atoms with Crippen molar-refractivity contribution >= 4 is 53.7 Å². The number of hydrogen-bond acceptors (Lipinski definition) is 10. The van der Waals surface area contributed by atoms with Gasteiger partial charge in [-0.25, -0.2) is 0 Å². The van der Waals surface area contributed by atoms with Gasteiger partial charge < -0.3 is 51.1 Å². The zero-order valence-corrected chi connectivity index (χ0v) is 22.1. The molecule has 0 aromatic rings. The zero-order chi connectivity index (χ0) is 33.6. The summed E-state index contributed by atoms with van der Waals surface area (Å²) in [4.78, 5) is 81.4. The quantitative estimate of drug-likeness (QED) is 0.211. The maximum atomic E-state index is 9.44. The zero-order valence-electron chi connectivity index (χ0n) is 22.1. The molecular formula is C19H38O19. The van der Waals surface area contributed by atoms with Crippen LogP contribution >= 0.6 is 0 Å². The standard InChI is InChI=1S/C3H6O3.8C2H4O2/c4-2-1-3(5)6;8*1-2(3)4/h4H,1-2H2,(H,5,6);8*1H3,(H,3,4). The molecule has 0 atom stereocenters. The van der Waals surface area contributed by atoms with Crippen LogP contribution in [0.3, 0.4) is 0 Å². The highest BCUT2D eigenvalue weighted by atomic mass is 16.4. The van der Waals surface area contributed by atoms with Gasteiger partial charge >= 0.3 is 5.97 Å². The molecule has 0 fully saturated rings. The summed E-state index contributed by atoms with van der Waals surface area (Å²) in [6.07, 6.45) is -0.153. The number of hydrogen-bond donors (Lipinski definition) is 10. The van der Waals surface area contributed by atoms with Gasteiger partial charge in [-0.3, -0.25) is 43.2 Å². The van der Waals surface area contributed by atoms with Gasteiger partial charge in [0.1, 0.15) is 0 Å². The van der Waals surface area contributed by atoms with Crippen LogP contribution in [0.15, 0.2) is 0 Å². The molecule has 0 aromatic carbocycles. The van der Waals surface area contributed by atoms with Gasteiger partial charge in [0.25, 0.3) is 47.8 Å². The third kappa shape index (κ3) is 8680. The average Bonchev–Trinajstić information content (AvgIpc) is 2.49. The molecular weight excluding hydrogens is 532 g/mol. The van der Waals surface area contributed by atoms with Crippen molar-refractivity contribution in [3.05, 3.63) is 0 Å². The Bertz CT molecular complexity index is 476. The highest BCUT2D eigenvalue weighted by molar-refractivity contribution is 5.66. The number of aliphatic carboxylic acids is 9. The van der Waals surface area contributed by atoms with Crippen molar-refractivity contribution in [3.63, 3.8) is 0 Å². The minimum absolute atomic E-state index is 0.153. The molecule has 0 spiro atoms. The highest BCUT2D eigenvalue weighted by Gasteiger charge is 1.88. The fourth-order valence-electron chi connectivity index (χ4n) is 0.0956. The summed E-state index contributed by atoms with van der Waals surface area (Å²) in [5.41, 5.74) is 0. The minimum atomic E-state index is -0.961. The number of aliphatic hydroxyl groups excluding tert-OH is 1. The fourth-order valence-corrected chi connectivity index (χ4v) is 0.0956. The number of aliphatic hydroxyl groups is 1. The summed E-state index contributed by atoms with van der Waals surface area (Å²) >= 11 is 0. The Morgan fingerprint density at radius 2 is 0.421 bits per heavy atom. The van der Waals surface area contributed by atoms with Gasteiger partial charge in [0.05, 0.1) is 13.0 Å². The maximum Gasteiger partial charge on any atom is 0.305 e. The largest absolute Gasteiger partial charge is 0.481 e. The normalized spacial score (nSPS) is 6.55. The number of rotatable bonds is 2. The Balaban J connectivity index is -0.0000000357. The molecule has 0 saturated carbocycles. The molecule has 0 aliphatic carbocycles. The summed E-state index contributed by atoms with van der Waals surface area (Å²) in [6, 6.07) is 0. The van der Waals surface area contributed by atoms with E-state index in [1.807, 2.05) is 0 Å². The summed E-state index contributed by atoms with van der Waals surface area (Å²) in [6.45, 7) is 8.40. The molecule has 19 nitrogen and oxygen atoms in total. The molecule has 0 amide bonds. The molecule has 38 heavy (non-hydrogen) atoms. The van der Waals surface area contributed by atoms with Gasteiger partial charge in [-0.1, -0.05) is 0 Å². The summed E-state index contributed by atoms with van der Waals surface area (Å²) in [7, 11) is 0. The Kier molecular flexibility index (Phi) is 82.8. The van der Waals surface area contributed by atoms with Crippen LogP contribution in [-0.4, -0.2) is 111 Å². The molecule has 19 heteroatoms. The lowest BCUT2D eigenvalue weighted by Crippen LogP contribution is -1.96. The molecule has 0 radical (unpaired) electrons. The summed E-state index contributed by atoms with van der Waals surface area (Å²) in [5, 5.41) is 74.9. The van der Waals surface area contributed by atoms with E-state index in [4.69, 9.17) is 89.4 Å². The van der Waals surface area contributed by atoms with Crippen molar-refractivity contribution < 1.29 is 94.2 Å². The molecule has 0 aromatic heterocycles. The van der Waals surface area contributed by atoms with Crippen molar-refractivity contribution in [1.29, 1.82) is 0 Å². The number of carboxylic acid groups (broad SMARTS) is 9. The van der Waals surface area contributed by atoms with Gasteiger partial charge in [0.15, 0.2) is 0 Å². The van der Waals surface area contributed by atoms with E-state index in [1.54, 1.807) is 0 Å². The first-order valence-corrected chi connectivity index (χ1v) is 9.02. The van der Waals surface area contributed by atoms with Crippen molar-refractivity contribution in [2.45, 2.75) is 61.8 Å². The van der Waals surface area contributed by atoms with E-state index in [1.165, 1.54) is 0 Å². The fraction of sp³-hybridized carbons (Fsp3) is 0.526. The van der Waals surface area contributed by atoms with Gasteiger partial charge in [-0.05, 0) is 0 Å². The molecule has 0 bridgehead atoms. The Morgan fingerprint density at radius 3 is 0.421 bits per heavy atom. The van der Waals surface area contributed by atoms with Gasteiger partial charge in [0, 0.05) is 55.4 Å². The Hall–Kier alpha value is -4.81. The number of carboxylic acids is 9. The molecule has 0 aliphatic heterocycles. The topological polar surface area (TPSA) is 356 Å². The smallest absolute Gasteiger partial charge is 0.305 e. The minimum Gasteiger partial charge on any atom is -0.481 e. The summed E-state index contributed by atoms with van der Waals surface area (Å²) in [5.74, 6) is -7.63. The SMILES string of the molecule is CC(=O)O.CC(=O)O.CC(=O)O.CC(=O)O.CC(=O)O.CC(=O)O.CC(=O)O.CC(=O)O.O=C(O)CCO.